The molecule has 1 amide bonds. The predicted octanol–water partition coefficient (Wildman–Crippen LogP) is 2.39. The van der Waals surface area contributed by atoms with Crippen LogP contribution < -0.4 is 5.32 Å². The molecule has 13 heavy (non-hydrogen) atoms. The Morgan fingerprint density at radius 1 is 1.54 bits per heavy atom. The fraction of sp³-hybridized carbons (Fsp3) is 0.500. The van der Waals surface area contributed by atoms with Crippen LogP contribution in [0.3, 0.4) is 0 Å². The number of amides is 1. The number of thiophene rings is 1. The Labute approximate surface area is 83.0 Å². The van der Waals surface area contributed by atoms with Crippen molar-refractivity contribution in [2.75, 3.05) is 0 Å². The summed E-state index contributed by atoms with van der Waals surface area (Å²) in [7, 11) is 0. The Morgan fingerprint density at radius 3 is 2.69 bits per heavy atom. The van der Waals surface area contributed by atoms with Crippen LogP contribution in [-0.4, -0.2) is 5.91 Å². The lowest BCUT2D eigenvalue weighted by Crippen LogP contribution is -2.21. The monoisotopic (exact) mass is 197 g/mol. The van der Waals surface area contributed by atoms with Crippen molar-refractivity contribution in [3.8, 4) is 0 Å². The minimum Gasteiger partial charge on any atom is -0.352 e. The van der Waals surface area contributed by atoms with Crippen molar-refractivity contribution in [1.82, 2.24) is 5.32 Å². The largest absolute Gasteiger partial charge is 0.352 e. The molecule has 3 heteroatoms. The molecule has 0 aliphatic rings. The van der Waals surface area contributed by atoms with E-state index in [0.29, 0.717) is 13.0 Å². The van der Waals surface area contributed by atoms with E-state index in [4.69, 9.17) is 0 Å². The molecule has 0 atom stereocenters. The van der Waals surface area contributed by atoms with Gasteiger partial charge in [-0.1, -0.05) is 6.92 Å². The van der Waals surface area contributed by atoms with E-state index in [2.05, 4.69) is 25.2 Å². The normalized spacial score (nSPS) is 10.1. The number of rotatable bonds is 3. The number of hydrogen-bond donors (Lipinski definition) is 1. The zero-order chi connectivity index (χ0) is 9.84. The van der Waals surface area contributed by atoms with E-state index in [0.717, 1.165) is 0 Å². The van der Waals surface area contributed by atoms with Crippen LogP contribution >= 0.6 is 11.3 Å². The quantitative estimate of drug-likeness (QED) is 0.792. The first-order chi connectivity index (χ1) is 6.13. The van der Waals surface area contributed by atoms with Gasteiger partial charge in [0.25, 0.3) is 0 Å². The molecule has 0 bridgehead atoms. The molecule has 1 rings (SSSR count). The first-order valence-electron chi connectivity index (χ1n) is 4.46. The molecule has 1 N–H and O–H groups in total. The number of carbonyl (C=O) groups is 1. The van der Waals surface area contributed by atoms with Gasteiger partial charge in [0, 0.05) is 22.7 Å². The van der Waals surface area contributed by atoms with Gasteiger partial charge in [0.15, 0.2) is 0 Å². The van der Waals surface area contributed by atoms with Crippen LogP contribution in [0.4, 0.5) is 0 Å². The first kappa shape index (κ1) is 10.3. The molecule has 0 radical (unpaired) electrons. The van der Waals surface area contributed by atoms with Gasteiger partial charge in [0.1, 0.15) is 0 Å². The minimum atomic E-state index is 0.114. The number of nitrogens with one attached hydrogen (secondary N) is 1. The highest BCUT2D eigenvalue weighted by atomic mass is 32.1. The summed E-state index contributed by atoms with van der Waals surface area (Å²) >= 11 is 1.78. The summed E-state index contributed by atoms with van der Waals surface area (Å²) in [6.07, 6.45) is 0.558. The highest BCUT2D eigenvalue weighted by Crippen LogP contribution is 2.20. The summed E-state index contributed by atoms with van der Waals surface area (Å²) in [5, 5.41) is 2.87. The first-order valence-corrected chi connectivity index (χ1v) is 5.27. The predicted molar refractivity (Wildman–Crippen MR) is 55.9 cm³/mol. The van der Waals surface area contributed by atoms with E-state index in [-0.39, 0.29) is 5.91 Å². The number of hydrogen-bond acceptors (Lipinski definition) is 2. The Bertz CT molecular complexity index is 304. The van der Waals surface area contributed by atoms with E-state index in [1.807, 2.05) is 6.92 Å². The zero-order valence-corrected chi connectivity index (χ0v) is 9.12. The molecule has 0 aliphatic heterocycles. The van der Waals surface area contributed by atoms with E-state index in [9.17, 15) is 4.79 Å². The SMILES string of the molecule is CCC(=O)NCc1cc(C)sc1C. The van der Waals surface area contributed by atoms with Gasteiger partial charge in [0.05, 0.1) is 0 Å². The second-order valence-corrected chi connectivity index (χ2v) is 4.53. The highest BCUT2D eigenvalue weighted by Gasteiger charge is 2.03. The molecule has 2 nitrogen and oxygen atoms in total. The zero-order valence-electron chi connectivity index (χ0n) is 8.31. The molecule has 0 aliphatic carbocycles. The smallest absolute Gasteiger partial charge is 0.219 e. The molecular formula is C10H15NOS. The third-order valence-corrected chi connectivity index (χ3v) is 2.95. The fourth-order valence-corrected chi connectivity index (χ4v) is 2.12. The van der Waals surface area contributed by atoms with Crippen LogP contribution in [0.5, 0.6) is 0 Å². The van der Waals surface area contributed by atoms with Crippen LogP contribution in [0.25, 0.3) is 0 Å². The Balaban J connectivity index is 2.54. The average Bonchev–Trinajstić information content (AvgIpc) is 2.41. The Kier molecular flexibility index (Phi) is 3.48. The van der Waals surface area contributed by atoms with Crippen LogP contribution in [0.1, 0.15) is 28.7 Å². The van der Waals surface area contributed by atoms with E-state index < -0.39 is 0 Å². The summed E-state index contributed by atoms with van der Waals surface area (Å²) in [5.74, 6) is 0.114. The maximum atomic E-state index is 11.0. The number of carbonyl (C=O) groups excluding carboxylic acids is 1. The molecule has 72 valence electrons. The van der Waals surface area contributed by atoms with Gasteiger partial charge >= 0.3 is 0 Å². The summed E-state index contributed by atoms with van der Waals surface area (Å²) in [6.45, 7) is 6.71. The number of aryl methyl sites for hydroxylation is 2. The molecule has 0 unspecified atom stereocenters. The van der Waals surface area contributed by atoms with Crippen LogP contribution in [-0.2, 0) is 11.3 Å². The highest BCUT2D eigenvalue weighted by molar-refractivity contribution is 7.12. The molecule has 0 saturated carbocycles. The summed E-state index contributed by atoms with van der Waals surface area (Å²) in [4.78, 5) is 13.6. The van der Waals surface area contributed by atoms with Crippen molar-refractivity contribution in [3.63, 3.8) is 0 Å². The van der Waals surface area contributed by atoms with Crippen molar-refractivity contribution in [1.29, 1.82) is 0 Å². The van der Waals surface area contributed by atoms with Gasteiger partial charge in [-0.15, -0.1) is 11.3 Å². The van der Waals surface area contributed by atoms with Gasteiger partial charge in [0.2, 0.25) is 5.91 Å². The molecule has 0 fully saturated rings. The van der Waals surface area contributed by atoms with Gasteiger partial charge in [-0.25, -0.2) is 0 Å². The van der Waals surface area contributed by atoms with Crippen LogP contribution in [0.2, 0.25) is 0 Å². The second kappa shape index (κ2) is 4.42. The fourth-order valence-electron chi connectivity index (χ4n) is 1.18. The topological polar surface area (TPSA) is 29.1 Å². The van der Waals surface area contributed by atoms with Gasteiger partial charge < -0.3 is 5.32 Å². The molecule has 1 aromatic heterocycles. The average molecular weight is 197 g/mol. The molecule has 0 aromatic carbocycles. The lowest BCUT2D eigenvalue weighted by Gasteiger charge is -2.01. The van der Waals surface area contributed by atoms with Gasteiger partial charge in [-0.3, -0.25) is 4.79 Å². The van der Waals surface area contributed by atoms with E-state index >= 15 is 0 Å². The standard InChI is InChI=1S/C10H15NOS/c1-4-10(12)11-6-9-5-7(2)13-8(9)3/h5H,4,6H2,1-3H3,(H,11,12). The van der Waals surface area contributed by atoms with Crippen molar-refractivity contribution in [2.45, 2.75) is 33.7 Å². The maximum absolute atomic E-state index is 11.0. The minimum absolute atomic E-state index is 0.114. The maximum Gasteiger partial charge on any atom is 0.219 e. The molecule has 0 spiro atoms. The van der Waals surface area contributed by atoms with Crippen molar-refractivity contribution >= 4 is 17.2 Å². The van der Waals surface area contributed by atoms with Crippen molar-refractivity contribution in [2.24, 2.45) is 0 Å². The lowest BCUT2D eigenvalue weighted by atomic mass is 10.2. The van der Waals surface area contributed by atoms with Gasteiger partial charge in [-0.2, -0.15) is 0 Å². The Hall–Kier alpha value is -0.830. The van der Waals surface area contributed by atoms with Crippen molar-refractivity contribution < 1.29 is 4.79 Å². The molecule has 0 saturated heterocycles. The third kappa shape index (κ3) is 2.84. The lowest BCUT2D eigenvalue weighted by molar-refractivity contribution is -0.120. The van der Waals surface area contributed by atoms with Gasteiger partial charge in [-0.05, 0) is 25.5 Å². The third-order valence-electron chi connectivity index (χ3n) is 1.94. The van der Waals surface area contributed by atoms with Crippen LogP contribution in [0.15, 0.2) is 6.07 Å². The van der Waals surface area contributed by atoms with E-state index in [1.165, 1.54) is 15.3 Å². The Morgan fingerprint density at radius 2 is 2.23 bits per heavy atom. The van der Waals surface area contributed by atoms with Crippen molar-refractivity contribution in [3.05, 3.63) is 21.4 Å². The van der Waals surface area contributed by atoms with E-state index in [1.54, 1.807) is 11.3 Å². The van der Waals surface area contributed by atoms with Crippen LogP contribution in [0, 0.1) is 13.8 Å². The second-order valence-electron chi connectivity index (χ2n) is 3.07. The molecule has 1 heterocycles. The molecular weight excluding hydrogens is 182 g/mol. The summed E-state index contributed by atoms with van der Waals surface area (Å²) < 4.78 is 0. The summed E-state index contributed by atoms with van der Waals surface area (Å²) in [6, 6.07) is 2.13. The molecule has 1 aromatic rings. The summed E-state index contributed by atoms with van der Waals surface area (Å²) in [5.41, 5.74) is 1.24.